The molecule has 0 atom stereocenters. The molecule has 27 heavy (non-hydrogen) atoms. The molecule has 0 aliphatic rings. The van der Waals surface area contributed by atoms with Gasteiger partial charge in [-0.15, -0.1) is 0 Å². The topological polar surface area (TPSA) is 94.3 Å². The molecule has 0 aliphatic carbocycles. The lowest BCUT2D eigenvalue weighted by Gasteiger charge is -2.12. The highest BCUT2D eigenvalue weighted by atomic mass is 32.2. The number of nitrogens with zero attached hydrogens (tertiary/aromatic N) is 2. The van der Waals surface area contributed by atoms with Crippen LogP contribution < -0.4 is 9.46 Å². The van der Waals surface area contributed by atoms with Gasteiger partial charge in [-0.3, -0.25) is 4.72 Å². The predicted molar refractivity (Wildman–Crippen MR) is 102 cm³/mol. The minimum atomic E-state index is -3.79. The van der Waals surface area contributed by atoms with E-state index in [4.69, 9.17) is 9.26 Å². The lowest BCUT2D eigenvalue weighted by atomic mass is 10.1. The first-order valence-corrected chi connectivity index (χ1v) is 9.93. The molecule has 0 bridgehead atoms. The Bertz CT molecular complexity index is 1050. The number of anilines is 1. The molecule has 3 aromatic rings. The molecule has 142 valence electrons. The van der Waals surface area contributed by atoms with Gasteiger partial charge in [-0.25, -0.2) is 8.42 Å². The number of ether oxygens (including phenoxy) is 1. The van der Waals surface area contributed by atoms with E-state index in [1.54, 1.807) is 18.2 Å². The second kappa shape index (κ2) is 7.40. The molecule has 0 saturated heterocycles. The maximum Gasteiger partial charge on any atom is 0.261 e. The zero-order valence-corrected chi connectivity index (χ0v) is 16.4. The van der Waals surface area contributed by atoms with Crippen molar-refractivity contribution in [3.05, 3.63) is 53.4 Å². The van der Waals surface area contributed by atoms with E-state index in [1.807, 2.05) is 26.8 Å². The highest BCUT2D eigenvalue weighted by Gasteiger charge is 2.20. The van der Waals surface area contributed by atoms with Crippen LogP contribution in [-0.4, -0.2) is 25.7 Å². The monoisotopic (exact) mass is 387 g/mol. The zero-order chi connectivity index (χ0) is 19.6. The first-order chi connectivity index (χ1) is 12.8. The van der Waals surface area contributed by atoms with Gasteiger partial charge in [0.25, 0.3) is 10.0 Å². The fourth-order valence-corrected chi connectivity index (χ4v) is 3.85. The lowest BCUT2D eigenvalue weighted by molar-refractivity contribution is 0.382. The van der Waals surface area contributed by atoms with Gasteiger partial charge in [-0.05, 0) is 55.3 Å². The maximum absolute atomic E-state index is 12.9. The first kappa shape index (κ1) is 18.9. The molecule has 0 aliphatic heterocycles. The number of hydrogen-bond donors (Lipinski definition) is 1. The molecule has 0 fully saturated rings. The van der Waals surface area contributed by atoms with Crippen LogP contribution in [0.3, 0.4) is 0 Å². The van der Waals surface area contributed by atoms with Gasteiger partial charge in [0, 0.05) is 12.1 Å². The van der Waals surface area contributed by atoms with Gasteiger partial charge in [0.05, 0.1) is 17.6 Å². The summed E-state index contributed by atoms with van der Waals surface area (Å²) in [6.07, 6.45) is 0.585. The highest BCUT2D eigenvalue weighted by molar-refractivity contribution is 7.92. The third kappa shape index (κ3) is 4.11. The summed E-state index contributed by atoms with van der Waals surface area (Å²) >= 11 is 0. The largest absolute Gasteiger partial charge is 0.496 e. The summed E-state index contributed by atoms with van der Waals surface area (Å²) in [6, 6.07) is 10.1. The van der Waals surface area contributed by atoms with Crippen LogP contribution >= 0.6 is 0 Å². The Morgan fingerprint density at radius 2 is 1.81 bits per heavy atom. The molecule has 1 heterocycles. The van der Waals surface area contributed by atoms with Crippen molar-refractivity contribution in [2.24, 2.45) is 0 Å². The van der Waals surface area contributed by atoms with Crippen molar-refractivity contribution in [2.75, 3.05) is 11.8 Å². The standard InChI is InChI=1S/C19H21N3O4S/c1-5-18-20-19(21-26-18)16-11-15(6-7-17(16)25-4)27(23,24)22-14-9-12(2)8-13(3)10-14/h6-11,22H,5H2,1-4H3. The van der Waals surface area contributed by atoms with E-state index in [2.05, 4.69) is 14.9 Å². The number of benzene rings is 2. The molecular weight excluding hydrogens is 366 g/mol. The molecule has 0 unspecified atom stereocenters. The SMILES string of the molecule is CCc1nc(-c2cc(S(=O)(=O)Nc3cc(C)cc(C)c3)ccc2OC)no1. The Morgan fingerprint density at radius 1 is 1.11 bits per heavy atom. The Hall–Kier alpha value is -2.87. The number of nitrogens with one attached hydrogen (secondary N) is 1. The van der Waals surface area contributed by atoms with Crippen LogP contribution in [0, 0.1) is 13.8 Å². The van der Waals surface area contributed by atoms with E-state index >= 15 is 0 Å². The Labute approximate surface area is 158 Å². The number of rotatable bonds is 6. The average molecular weight is 387 g/mol. The molecule has 0 radical (unpaired) electrons. The van der Waals surface area contributed by atoms with Gasteiger partial charge in [-0.2, -0.15) is 4.98 Å². The second-order valence-corrected chi connectivity index (χ2v) is 7.89. The quantitative estimate of drug-likeness (QED) is 0.693. The van der Waals surface area contributed by atoms with Gasteiger partial charge in [0.15, 0.2) is 0 Å². The van der Waals surface area contributed by atoms with Crippen molar-refractivity contribution in [2.45, 2.75) is 32.1 Å². The summed E-state index contributed by atoms with van der Waals surface area (Å²) < 4.78 is 38.8. The van der Waals surface area contributed by atoms with E-state index in [9.17, 15) is 8.42 Å². The molecule has 0 amide bonds. The first-order valence-electron chi connectivity index (χ1n) is 8.44. The van der Waals surface area contributed by atoms with Crippen LogP contribution in [0.1, 0.15) is 23.9 Å². The fourth-order valence-electron chi connectivity index (χ4n) is 2.78. The molecule has 0 saturated carbocycles. The number of methoxy groups -OCH3 is 1. The summed E-state index contributed by atoms with van der Waals surface area (Å²) in [6.45, 7) is 5.72. The second-order valence-electron chi connectivity index (χ2n) is 6.21. The van der Waals surface area contributed by atoms with Gasteiger partial charge in [0.1, 0.15) is 5.75 Å². The van der Waals surface area contributed by atoms with Crippen molar-refractivity contribution < 1.29 is 17.7 Å². The molecule has 3 rings (SSSR count). The van der Waals surface area contributed by atoms with E-state index in [0.29, 0.717) is 29.3 Å². The van der Waals surface area contributed by atoms with Crippen LogP contribution in [0.5, 0.6) is 5.75 Å². The van der Waals surface area contributed by atoms with Gasteiger partial charge in [0.2, 0.25) is 11.7 Å². The number of sulfonamides is 1. The predicted octanol–water partition coefficient (Wildman–Crippen LogP) is 3.73. The number of hydrogen-bond acceptors (Lipinski definition) is 6. The molecule has 1 aromatic heterocycles. The van der Waals surface area contributed by atoms with Crippen LogP contribution in [-0.2, 0) is 16.4 Å². The minimum Gasteiger partial charge on any atom is -0.496 e. The Balaban J connectivity index is 2.01. The summed E-state index contributed by atoms with van der Waals surface area (Å²) in [5.41, 5.74) is 2.91. The molecule has 7 nitrogen and oxygen atoms in total. The fraction of sp³-hybridized carbons (Fsp3) is 0.263. The van der Waals surface area contributed by atoms with Crippen molar-refractivity contribution >= 4 is 15.7 Å². The van der Waals surface area contributed by atoms with Crippen molar-refractivity contribution in [3.63, 3.8) is 0 Å². The van der Waals surface area contributed by atoms with Gasteiger partial charge >= 0.3 is 0 Å². The van der Waals surface area contributed by atoms with Crippen LogP contribution in [0.4, 0.5) is 5.69 Å². The van der Waals surface area contributed by atoms with Crippen molar-refractivity contribution in [1.29, 1.82) is 0 Å². The van der Waals surface area contributed by atoms with Crippen LogP contribution in [0.15, 0.2) is 45.8 Å². The highest BCUT2D eigenvalue weighted by Crippen LogP contribution is 2.31. The summed E-state index contributed by atoms with van der Waals surface area (Å²) in [7, 11) is -2.29. The number of aryl methyl sites for hydroxylation is 3. The summed E-state index contributed by atoms with van der Waals surface area (Å²) in [5.74, 6) is 1.21. The minimum absolute atomic E-state index is 0.0836. The lowest BCUT2D eigenvalue weighted by Crippen LogP contribution is -2.13. The molecule has 8 heteroatoms. The Morgan fingerprint density at radius 3 is 2.41 bits per heavy atom. The molecule has 1 N–H and O–H groups in total. The van der Waals surface area contributed by atoms with Gasteiger partial charge < -0.3 is 9.26 Å². The zero-order valence-electron chi connectivity index (χ0n) is 15.6. The number of aromatic nitrogens is 2. The van der Waals surface area contributed by atoms with Crippen LogP contribution in [0.2, 0.25) is 0 Å². The van der Waals surface area contributed by atoms with E-state index in [0.717, 1.165) is 11.1 Å². The summed E-state index contributed by atoms with van der Waals surface area (Å²) in [4.78, 5) is 4.35. The molecular formula is C19H21N3O4S. The third-order valence-electron chi connectivity index (χ3n) is 3.97. The van der Waals surface area contributed by atoms with E-state index < -0.39 is 10.0 Å². The summed E-state index contributed by atoms with van der Waals surface area (Å²) in [5, 5.41) is 3.91. The smallest absolute Gasteiger partial charge is 0.261 e. The maximum atomic E-state index is 12.9. The van der Waals surface area contributed by atoms with Gasteiger partial charge in [-0.1, -0.05) is 18.1 Å². The average Bonchev–Trinajstić information content (AvgIpc) is 3.09. The van der Waals surface area contributed by atoms with Crippen molar-refractivity contribution in [1.82, 2.24) is 10.1 Å². The third-order valence-corrected chi connectivity index (χ3v) is 5.35. The Kier molecular flexibility index (Phi) is 5.18. The van der Waals surface area contributed by atoms with Crippen molar-refractivity contribution in [3.8, 4) is 17.1 Å². The van der Waals surface area contributed by atoms with E-state index in [-0.39, 0.29) is 10.7 Å². The molecule has 2 aromatic carbocycles. The van der Waals surface area contributed by atoms with Crippen LogP contribution in [0.25, 0.3) is 11.4 Å². The van der Waals surface area contributed by atoms with E-state index in [1.165, 1.54) is 19.2 Å². The molecule has 0 spiro atoms. The normalized spacial score (nSPS) is 11.4.